The van der Waals surface area contributed by atoms with Gasteiger partial charge in [-0.1, -0.05) is 11.8 Å². The molecule has 3 aliphatic carbocycles. The quantitative estimate of drug-likeness (QED) is 0.243. The summed E-state index contributed by atoms with van der Waals surface area (Å²) in [4.78, 5) is 40.2. The van der Waals surface area contributed by atoms with E-state index in [4.69, 9.17) is 5.73 Å². The number of primary amides is 1. The minimum absolute atomic E-state index is 0.00924. The molecule has 0 bridgehead atoms. The monoisotopic (exact) mass is 482 g/mol. The number of likely N-dealkylation sites (N-methyl/N-ethyl adjacent to an activating group) is 1. The lowest BCUT2D eigenvalue weighted by molar-refractivity contribution is -0.153. The van der Waals surface area contributed by atoms with E-state index in [9.17, 15) is 39.9 Å². The van der Waals surface area contributed by atoms with Crippen LogP contribution in [0.5, 0.6) is 5.75 Å². The first-order valence-corrected chi connectivity index (χ1v) is 11.0. The van der Waals surface area contributed by atoms with Gasteiger partial charge in [0.15, 0.2) is 11.4 Å². The second-order valence-electron chi connectivity index (χ2n) is 9.39. The number of aliphatic hydroxyl groups is 4. The van der Waals surface area contributed by atoms with Crippen molar-refractivity contribution < 1.29 is 39.9 Å². The summed E-state index contributed by atoms with van der Waals surface area (Å²) in [6.07, 6.45) is -0.797. The zero-order valence-electron chi connectivity index (χ0n) is 19.4. The van der Waals surface area contributed by atoms with Crippen molar-refractivity contribution in [1.29, 1.82) is 0 Å². The fourth-order valence-corrected chi connectivity index (χ4v) is 5.54. The zero-order valence-corrected chi connectivity index (χ0v) is 19.4. The number of aliphatic hydroxyl groups excluding tert-OH is 3. The van der Waals surface area contributed by atoms with E-state index in [-0.39, 0.29) is 29.7 Å². The number of amides is 1. The summed E-state index contributed by atoms with van der Waals surface area (Å²) >= 11 is 0. The number of ketones is 2. The van der Waals surface area contributed by atoms with E-state index in [0.29, 0.717) is 11.1 Å². The van der Waals surface area contributed by atoms with Crippen molar-refractivity contribution in [2.24, 2.45) is 17.6 Å². The Morgan fingerprint density at radius 1 is 1.23 bits per heavy atom. The molecule has 7 N–H and O–H groups in total. The lowest BCUT2D eigenvalue weighted by atomic mass is 9.57. The number of hydrogen-bond donors (Lipinski definition) is 6. The van der Waals surface area contributed by atoms with Crippen LogP contribution in [-0.2, 0) is 20.8 Å². The third-order valence-electron chi connectivity index (χ3n) is 7.02. The molecule has 0 radical (unpaired) electrons. The van der Waals surface area contributed by atoms with Crippen LogP contribution in [0, 0.1) is 23.7 Å². The van der Waals surface area contributed by atoms with Crippen LogP contribution in [0.4, 0.5) is 0 Å². The van der Waals surface area contributed by atoms with Gasteiger partial charge in [-0.2, -0.15) is 0 Å². The van der Waals surface area contributed by atoms with Crippen LogP contribution in [0.25, 0.3) is 5.76 Å². The van der Waals surface area contributed by atoms with Gasteiger partial charge in [0.05, 0.1) is 11.6 Å². The number of aromatic hydroxyl groups is 1. The summed E-state index contributed by atoms with van der Waals surface area (Å²) in [6, 6.07) is 1.67. The molecule has 1 amide bonds. The smallest absolute Gasteiger partial charge is 0.255 e. The van der Waals surface area contributed by atoms with Crippen molar-refractivity contribution in [3.05, 3.63) is 45.7 Å². The van der Waals surface area contributed by atoms with Gasteiger partial charge in [-0.25, -0.2) is 0 Å². The number of rotatable bonds is 2. The fourth-order valence-electron chi connectivity index (χ4n) is 5.54. The Kier molecular flexibility index (Phi) is 5.76. The highest BCUT2D eigenvalue weighted by molar-refractivity contribution is 6.24. The molecule has 0 aliphatic heterocycles. The van der Waals surface area contributed by atoms with Gasteiger partial charge < -0.3 is 31.3 Å². The second kappa shape index (κ2) is 8.23. The van der Waals surface area contributed by atoms with Gasteiger partial charge in [0.2, 0.25) is 5.78 Å². The van der Waals surface area contributed by atoms with E-state index in [1.807, 2.05) is 0 Å². The number of nitrogens with zero attached hydrogens (tertiary/aromatic N) is 1. The molecule has 1 aromatic rings. The Bertz CT molecular complexity index is 1300. The van der Waals surface area contributed by atoms with E-state index in [1.165, 1.54) is 38.1 Å². The van der Waals surface area contributed by atoms with Gasteiger partial charge in [-0.3, -0.25) is 19.3 Å². The molecule has 0 saturated heterocycles. The molecule has 1 unspecified atom stereocenters. The highest BCUT2D eigenvalue weighted by Gasteiger charge is 2.64. The number of fused-ring (bicyclic) bond motifs is 3. The maximum Gasteiger partial charge on any atom is 0.255 e. The third kappa shape index (κ3) is 3.43. The highest BCUT2D eigenvalue weighted by Crippen LogP contribution is 2.52. The molecule has 10 nitrogen and oxygen atoms in total. The number of hydrogen-bond acceptors (Lipinski definition) is 9. The van der Waals surface area contributed by atoms with Gasteiger partial charge in [-0.05, 0) is 57.5 Å². The molecule has 35 heavy (non-hydrogen) atoms. The van der Waals surface area contributed by atoms with Crippen LogP contribution < -0.4 is 5.73 Å². The number of carbonyl (C=O) groups is 3. The maximum atomic E-state index is 13.7. The first-order chi connectivity index (χ1) is 16.3. The summed E-state index contributed by atoms with van der Waals surface area (Å²) in [5.74, 6) is -1.62. The predicted molar refractivity (Wildman–Crippen MR) is 123 cm³/mol. The number of nitrogens with two attached hydrogens (primary N) is 1. The van der Waals surface area contributed by atoms with Crippen LogP contribution in [0.15, 0.2) is 29.0 Å². The summed E-state index contributed by atoms with van der Waals surface area (Å²) in [7, 11) is 3.07. The topological polar surface area (TPSA) is 182 Å². The Balaban J connectivity index is 1.97. The first-order valence-electron chi connectivity index (χ1n) is 11.0. The molecular weight excluding hydrogens is 456 g/mol. The highest BCUT2D eigenvalue weighted by atomic mass is 16.3. The fraction of sp³-hybridized carbons (Fsp3) is 0.400. The van der Waals surface area contributed by atoms with Gasteiger partial charge in [0, 0.05) is 17.1 Å². The van der Waals surface area contributed by atoms with Crippen LogP contribution in [0.1, 0.15) is 30.0 Å². The van der Waals surface area contributed by atoms with Crippen molar-refractivity contribution in [2.45, 2.75) is 37.5 Å². The lowest BCUT2D eigenvalue weighted by Gasteiger charge is -2.50. The largest absolute Gasteiger partial charge is 0.508 e. The minimum atomic E-state index is -2.68. The average molecular weight is 482 g/mol. The van der Waals surface area contributed by atoms with Crippen molar-refractivity contribution in [1.82, 2.24) is 4.90 Å². The lowest BCUT2D eigenvalue weighted by Crippen LogP contribution is -2.65. The number of phenols is 1. The number of carbonyl (C=O) groups excluding carboxylic acids is 3. The molecule has 1 saturated carbocycles. The van der Waals surface area contributed by atoms with Crippen molar-refractivity contribution in [3.63, 3.8) is 0 Å². The Morgan fingerprint density at radius 2 is 1.89 bits per heavy atom. The molecule has 0 spiro atoms. The Hall–Kier alpha value is -3.65. The minimum Gasteiger partial charge on any atom is -0.508 e. The Labute approximate surface area is 201 Å². The zero-order chi connectivity index (χ0) is 26.0. The molecule has 3 aliphatic rings. The van der Waals surface area contributed by atoms with E-state index < -0.39 is 64.1 Å². The van der Waals surface area contributed by atoms with Gasteiger partial charge in [-0.15, -0.1) is 0 Å². The predicted octanol–water partition coefficient (Wildman–Crippen LogP) is -0.304. The van der Waals surface area contributed by atoms with Gasteiger partial charge in [0.25, 0.3) is 5.91 Å². The van der Waals surface area contributed by atoms with Crippen LogP contribution in [0.2, 0.25) is 0 Å². The van der Waals surface area contributed by atoms with Crippen LogP contribution in [0.3, 0.4) is 0 Å². The molecule has 0 aromatic heterocycles. The normalized spacial score (nSPS) is 28.7. The molecule has 5 atom stereocenters. The van der Waals surface area contributed by atoms with Gasteiger partial charge in [0.1, 0.15) is 28.9 Å². The van der Waals surface area contributed by atoms with Crippen LogP contribution >= 0.6 is 0 Å². The first kappa shape index (κ1) is 24.5. The van der Waals surface area contributed by atoms with E-state index in [1.54, 1.807) is 0 Å². The molecule has 0 heterocycles. The summed E-state index contributed by atoms with van der Waals surface area (Å²) in [5.41, 5.74) is 2.38. The number of Topliss-reactive ketones (excluding diaryl/α,β-unsaturated/α-hetero) is 2. The molecular formula is C25H26N2O8. The van der Waals surface area contributed by atoms with E-state index in [0.717, 1.165) is 0 Å². The molecule has 4 rings (SSSR count). The Morgan fingerprint density at radius 3 is 2.46 bits per heavy atom. The van der Waals surface area contributed by atoms with Gasteiger partial charge >= 0.3 is 0 Å². The second-order valence-corrected chi connectivity index (χ2v) is 9.39. The van der Waals surface area contributed by atoms with Crippen molar-refractivity contribution in [3.8, 4) is 17.6 Å². The number of benzene rings is 1. The standard InChI is InChI=1S/C25H26N2O8/c1-10(28)4-5-11-6-7-15(29)17-13(11)8-12-9-14-19(27(2)3)21(31)18(24(26)34)23(33)25(14,35)22(32)16(12)20(17)30/h6-7,10,12,14,19,28-30,33,35H,8-9H2,1-3H3,(H2,26,34)/t10?,12-,14-,19-,25-/m1/s1. The summed E-state index contributed by atoms with van der Waals surface area (Å²) < 4.78 is 0. The SMILES string of the molecule is CC(O)C#Cc1ccc(O)c2c1C[C@@H]1C[C@@H]3[C@@H](N(C)C)C(=O)C(C(N)=O)=C(O)[C@]3(O)C(=O)C1=C2O. The van der Waals surface area contributed by atoms with Crippen molar-refractivity contribution in [2.75, 3.05) is 14.1 Å². The number of phenolic OH excluding ortho intramolecular Hbond substituents is 1. The molecule has 184 valence electrons. The van der Waals surface area contributed by atoms with E-state index >= 15 is 0 Å². The summed E-state index contributed by atoms with van der Waals surface area (Å²) in [5, 5.41) is 53.5. The van der Waals surface area contributed by atoms with Crippen LogP contribution in [-0.4, -0.2) is 79.7 Å². The van der Waals surface area contributed by atoms with E-state index in [2.05, 4.69) is 11.8 Å². The molecule has 1 aromatic carbocycles. The average Bonchev–Trinajstić information content (AvgIpc) is 2.75. The maximum absolute atomic E-state index is 13.7. The molecule has 10 heteroatoms. The summed E-state index contributed by atoms with van der Waals surface area (Å²) in [6.45, 7) is 1.48. The third-order valence-corrected chi connectivity index (χ3v) is 7.02. The molecule has 1 fully saturated rings. The van der Waals surface area contributed by atoms with Crippen molar-refractivity contribution >= 4 is 23.2 Å².